The number of carbonyl (C=O) groups excluding carboxylic acids is 1. The molecule has 0 saturated carbocycles. The molecule has 2 aromatic carbocycles. The molecule has 0 radical (unpaired) electrons. The zero-order valence-corrected chi connectivity index (χ0v) is 13.4. The van der Waals surface area contributed by atoms with E-state index < -0.39 is 17.5 Å². The fourth-order valence-corrected chi connectivity index (χ4v) is 2.57. The van der Waals surface area contributed by atoms with E-state index in [1.54, 1.807) is 12.1 Å². The number of H-pyrrole nitrogens is 1. The minimum Gasteiger partial charge on any atom is -0.323 e. The number of carbonyl (C=O) groups is 1. The molecule has 1 aromatic heterocycles. The predicted octanol–water partition coefficient (Wildman–Crippen LogP) is 3.62. The number of hydrogen-bond acceptors (Lipinski definition) is 4. The first-order chi connectivity index (χ1) is 12.0. The summed E-state index contributed by atoms with van der Waals surface area (Å²) >= 11 is 1.06. The molecule has 5 nitrogen and oxygen atoms in total. The van der Waals surface area contributed by atoms with Crippen molar-refractivity contribution in [2.45, 2.75) is 5.16 Å². The number of nitrogens with one attached hydrogen (secondary N) is 2. The first kappa shape index (κ1) is 17.0. The first-order valence-corrected chi connectivity index (χ1v) is 8.06. The summed E-state index contributed by atoms with van der Waals surface area (Å²) in [7, 11) is 0. The van der Waals surface area contributed by atoms with Gasteiger partial charge in [0.15, 0.2) is 11.0 Å². The highest BCUT2D eigenvalue weighted by atomic mass is 32.2. The van der Waals surface area contributed by atoms with Gasteiger partial charge in [-0.05, 0) is 36.4 Å². The lowest BCUT2D eigenvalue weighted by molar-refractivity contribution is -0.113. The van der Waals surface area contributed by atoms with Crippen molar-refractivity contribution < 1.29 is 18.0 Å². The molecule has 0 spiro atoms. The van der Waals surface area contributed by atoms with E-state index in [0.29, 0.717) is 22.6 Å². The van der Waals surface area contributed by atoms with Crippen LogP contribution in [0.1, 0.15) is 0 Å². The maximum atomic E-state index is 13.5. The van der Waals surface area contributed by atoms with E-state index in [9.17, 15) is 18.0 Å². The lowest BCUT2D eigenvalue weighted by atomic mass is 10.2. The Kier molecular flexibility index (Phi) is 5.03. The maximum Gasteiger partial charge on any atom is 0.234 e. The number of hydrogen-bond donors (Lipinski definition) is 2. The Morgan fingerprint density at radius 1 is 1.04 bits per heavy atom. The molecule has 128 valence electrons. The van der Waals surface area contributed by atoms with E-state index in [1.807, 2.05) is 0 Å². The van der Waals surface area contributed by atoms with Crippen LogP contribution < -0.4 is 5.32 Å². The van der Waals surface area contributed by atoms with Gasteiger partial charge in [-0.15, -0.1) is 10.2 Å². The van der Waals surface area contributed by atoms with Gasteiger partial charge >= 0.3 is 0 Å². The van der Waals surface area contributed by atoms with Gasteiger partial charge in [-0.1, -0.05) is 11.8 Å². The second-order valence-electron chi connectivity index (χ2n) is 4.95. The van der Waals surface area contributed by atoms with Gasteiger partial charge in [-0.3, -0.25) is 4.79 Å². The van der Waals surface area contributed by atoms with Crippen LogP contribution in [0.2, 0.25) is 0 Å². The third kappa shape index (κ3) is 4.38. The normalized spacial score (nSPS) is 10.7. The van der Waals surface area contributed by atoms with E-state index in [1.165, 1.54) is 12.1 Å². The molecule has 0 atom stereocenters. The van der Waals surface area contributed by atoms with Gasteiger partial charge < -0.3 is 10.3 Å². The number of aromatic nitrogens is 3. The molecule has 3 aromatic rings. The number of aromatic amines is 1. The molecule has 0 aliphatic rings. The van der Waals surface area contributed by atoms with E-state index in [0.717, 1.165) is 23.9 Å². The predicted molar refractivity (Wildman–Crippen MR) is 87.5 cm³/mol. The van der Waals surface area contributed by atoms with Crippen LogP contribution in [0, 0.1) is 17.5 Å². The minimum absolute atomic E-state index is 0.0468. The van der Waals surface area contributed by atoms with Gasteiger partial charge in [0.2, 0.25) is 5.91 Å². The van der Waals surface area contributed by atoms with Crippen LogP contribution in [0.5, 0.6) is 0 Å². The number of amides is 1. The van der Waals surface area contributed by atoms with Crippen LogP contribution >= 0.6 is 11.8 Å². The average molecular weight is 364 g/mol. The Balaban J connectivity index is 1.58. The van der Waals surface area contributed by atoms with E-state index in [4.69, 9.17) is 0 Å². The van der Waals surface area contributed by atoms with Gasteiger partial charge in [0.25, 0.3) is 0 Å². The molecule has 0 saturated heterocycles. The SMILES string of the molecule is O=C(CSc1nnc(-c2ccc(F)cc2)[nH]1)Nc1ccc(F)cc1F. The second-order valence-corrected chi connectivity index (χ2v) is 5.91. The van der Waals surface area contributed by atoms with Gasteiger partial charge in [-0.25, -0.2) is 13.2 Å². The smallest absolute Gasteiger partial charge is 0.234 e. The van der Waals surface area contributed by atoms with Crippen molar-refractivity contribution in [1.82, 2.24) is 15.2 Å². The van der Waals surface area contributed by atoms with Crippen molar-refractivity contribution >= 4 is 23.4 Å². The van der Waals surface area contributed by atoms with Crippen molar-refractivity contribution in [3.8, 4) is 11.4 Å². The summed E-state index contributed by atoms with van der Waals surface area (Å²) in [4.78, 5) is 14.7. The van der Waals surface area contributed by atoms with Gasteiger partial charge in [-0.2, -0.15) is 0 Å². The quantitative estimate of drug-likeness (QED) is 0.679. The molecule has 1 heterocycles. The van der Waals surface area contributed by atoms with Gasteiger partial charge in [0.1, 0.15) is 17.5 Å². The van der Waals surface area contributed by atoms with E-state index >= 15 is 0 Å². The average Bonchev–Trinajstić information content (AvgIpc) is 3.05. The van der Waals surface area contributed by atoms with Crippen LogP contribution in [0.25, 0.3) is 11.4 Å². The summed E-state index contributed by atoms with van der Waals surface area (Å²) in [6.45, 7) is 0. The highest BCUT2D eigenvalue weighted by molar-refractivity contribution is 7.99. The molecule has 0 unspecified atom stereocenters. The van der Waals surface area contributed by atoms with E-state index in [2.05, 4.69) is 20.5 Å². The molecule has 25 heavy (non-hydrogen) atoms. The molecule has 3 rings (SSSR count). The number of nitrogens with zero attached hydrogens (tertiary/aromatic N) is 2. The Morgan fingerprint density at radius 2 is 1.76 bits per heavy atom. The summed E-state index contributed by atoms with van der Waals surface area (Å²) in [5.74, 6) is -2.02. The molecule has 0 bridgehead atoms. The molecule has 0 aliphatic carbocycles. The largest absolute Gasteiger partial charge is 0.323 e. The van der Waals surface area contributed by atoms with Crippen LogP contribution in [-0.2, 0) is 4.79 Å². The third-order valence-electron chi connectivity index (χ3n) is 3.13. The van der Waals surface area contributed by atoms with Crippen molar-refractivity contribution in [2.24, 2.45) is 0 Å². The highest BCUT2D eigenvalue weighted by Gasteiger charge is 2.11. The number of rotatable bonds is 5. The Labute approximate surface area is 144 Å². The Morgan fingerprint density at radius 3 is 2.48 bits per heavy atom. The summed E-state index contributed by atoms with van der Waals surface area (Å²) in [6, 6.07) is 8.59. The monoisotopic (exact) mass is 364 g/mol. The van der Waals surface area contributed by atoms with Crippen LogP contribution in [0.4, 0.5) is 18.9 Å². The molecule has 0 fully saturated rings. The Hall–Kier alpha value is -2.81. The molecule has 2 N–H and O–H groups in total. The summed E-state index contributed by atoms with van der Waals surface area (Å²) in [5.41, 5.74) is 0.551. The highest BCUT2D eigenvalue weighted by Crippen LogP contribution is 2.20. The molecular formula is C16H11F3N4OS. The molecule has 0 aliphatic heterocycles. The fourth-order valence-electron chi connectivity index (χ4n) is 1.96. The first-order valence-electron chi connectivity index (χ1n) is 7.07. The van der Waals surface area contributed by atoms with E-state index in [-0.39, 0.29) is 17.3 Å². The molecular weight excluding hydrogens is 353 g/mol. The lowest BCUT2D eigenvalue weighted by Crippen LogP contribution is -2.15. The van der Waals surface area contributed by atoms with Crippen molar-refractivity contribution in [3.63, 3.8) is 0 Å². The molecule has 1 amide bonds. The maximum absolute atomic E-state index is 13.5. The second kappa shape index (κ2) is 7.39. The Bertz CT molecular complexity index is 899. The zero-order valence-electron chi connectivity index (χ0n) is 12.6. The zero-order chi connectivity index (χ0) is 17.8. The summed E-state index contributed by atoms with van der Waals surface area (Å²) in [6.07, 6.45) is 0. The fraction of sp³-hybridized carbons (Fsp3) is 0.0625. The van der Waals surface area contributed by atoms with Crippen molar-refractivity contribution in [3.05, 3.63) is 59.9 Å². The summed E-state index contributed by atoms with van der Waals surface area (Å²) in [5, 5.41) is 10.5. The third-order valence-corrected chi connectivity index (χ3v) is 3.99. The standard InChI is InChI=1S/C16H11F3N4OS/c17-10-3-1-9(2-4-10)15-21-16(23-22-15)25-8-14(24)20-13-6-5-11(18)7-12(13)19/h1-7H,8H2,(H,20,24)(H,21,22,23). The lowest BCUT2D eigenvalue weighted by Gasteiger charge is -2.05. The van der Waals surface area contributed by atoms with Crippen molar-refractivity contribution in [1.29, 1.82) is 0 Å². The van der Waals surface area contributed by atoms with Crippen LogP contribution in [-0.4, -0.2) is 26.8 Å². The van der Waals surface area contributed by atoms with Crippen LogP contribution in [0.15, 0.2) is 47.6 Å². The summed E-state index contributed by atoms with van der Waals surface area (Å²) < 4.78 is 39.2. The number of thioether (sulfide) groups is 1. The molecule has 9 heteroatoms. The number of halogens is 3. The number of benzene rings is 2. The van der Waals surface area contributed by atoms with Crippen LogP contribution in [0.3, 0.4) is 0 Å². The van der Waals surface area contributed by atoms with Crippen molar-refractivity contribution in [2.75, 3.05) is 11.1 Å². The van der Waals surface area contributed by atoms with Gasteiger partial charge in [0, 0.05) is 11.6 Å². The minimum atomic E-state index is -0.850. The number of anilines is 1. The topological polar surface area (TPSA) is 70.7 Å². The van der Waals surface area contributed by atoms with Gasteiger partial charge in [0.05, 0.1) is 11.4 Å².